The molecule has 0 spiro atoms. The molecule has 0 aromatic heterocycles. The quantitative estimate of drug-likeness (QED) is 0.844. The number of hydrogen-bond donors (Lipinski definition) is 1. The molecule has 3 nitrogen and oxygen atoms in total. The van der Waals surface area contributed by atoms with Crippen molar-refractivity contribution >= 4 is 5.97 Å². The van der Waals surface area contributed by atoms with Gasteiger partial charge in [0.15, 0.2) is 0 Å². The lowest BCUT2D eigenvalue weighted by Crippen LogP contribution is -2.34. The second-order valence-corrected chi connectivity index (χ2v) is 6.07. The fourth-order valence-corrected chi connectivity index (χ4v) is 3.74. The average molecular weight is 290 g/mol. The molecule has 1 fully saturated rings. The zero-order chi connectivity index (χ0) is 15.3. The van der Waals surface area contributed by atoms with Gasteiger partial charge < -0.3 is 9.84 Å². The maximum Gasteiger partial charge on any atom is 0.306 e. The summed E-state index contributed by atoms with van der Waals surface area (Å²) < 4.78 is 5.82. The van der Waals surface area contributed by atoms with E-state index in [4.69, 9.17) is 4.74 Å². The van der Waals surface area contributed by atoms with Gasteiger partial charge in [0.1, 0.15) is 5.75 Å². The number of ether oxygens (including phenoxy) is 1. The summed E-state index contributed by atoms with van der Waals surface area (Å²) in [6.45, 7) is 4.87. The maximum atomic E-state index is 11.2. The van der Waals surface area contributed by atoms with Crippen LogP contribution in [-0.4, -0.2) is 17.7 Å². The number of carboxylic acids is 1. The highest BCUT2D eigenvalue weighted by Gasteiger charge is 2.39. The van der Waals surface area contributed by atoms with Gasteiger partial charge in [-0.2, -0.15) is 0 Å². The zero-order valence-corrected chi connectivity index (χ0v) is 13.1. The van der Waals surface area contributed by atoms with E-state index in [2.05, 4.69) is 19.1 Å². The predicted octanol–water partition coefficient (Wildman–Crippen LogP) is 4.40. The molecule has 2 rings (SSSR count). The minimum Gasteiger partial charge on any atom is -0.494 e. The Hall–Kier alpha value is -1.51. The van der Waals surface area contributed by atoms with Gasteiger partial charge in [-0.25, -0.2) is 0 Å². The van der Waals surface area contributed by atoms with E-state index in [9.17, 15) is 9.90 Å². The third-order valence-electron chi connectivity index (χ3n) is 4.78. The molecule has 0 heterocycles. The Morgan fingerprint density at radius 2 is 1.95 bits per heavy atom. The lowest BCUT2D eigenvalue weighted by molar-refractivity contribution is -0.143. The number of rotatable bonds is 6. The number of benzene rings is 1. The highest BCUT2D eigenvalue weighted by molar-refractivity contribution is 5.70. The fourth-order valence-electron chi connectivity index (χ4n) is 3.74. The van der Waals surface area contributed by atoms with Gasteiger partial charge in [-0.05, 0) is 50.5 Å². The number of para-hydroxylation sites is 1. The van der Waals surface area contributed by atoms with Crippen molar-refractivity contribution < 1.29 is 14.6 Å². The van der Waals surface area contributed by atoms with Crippen molar-refractivity contribution in [1.29, 1.82) is 0 Å². The molecule has 0 atom stereocenters. The van der Waals surface area contributed by atoms with E-state index in [-0.39, 0.29) is 11.3 Å². The molecule has 21 heavy (non-hydrogen) atoms. The fraction of sp³-hybridized carbons (Fsp3) is 0.611. The number of carboxylic acid groups (broad SMARTS) is 1. The van der Waals surface area contributed by atoms with Crippen LogP contribution >= 0.6 is 0 Å². The minimum absolute atomic E-state index is 0.0897. The summed E-state index contributed by atoms with van der Waals surface area (Å²) in [5, 5.41) is 9.22. The molecule has 0 aliphatic heterocycles. The van der Waals surface area contributed by atoms with E-state index in [0.717, 1.165) is 44.3 Å². The summed E-state index contributed by atoms with van der Waals surface area (Å²) in [7, 11) is 0. The van der Waals surface area contributed by atoms with Crippen molar-refractivity contribution in [3.63, 3.8) is 0 Å². The van der Waals surface area contributed by atoms with Crippen molar-refractivity contribution in [3.05, 3.63) is 29.8 Å². The molecule has 0 bridgehead atoms. The molecule has 1 N–H and O–H groups in total. The van der Waals surface area contributed by atoms with Crippen LogP contribution in [0, 0.1) is 5.92 Å². The number of hydrogen-bond acceptors (Lipinski definition) is 2. The Morgan fingerprint density at radius 3 is 2.52 bits per heavy atom. The first-order valence-corrected chi connectivity index (χ1v) is 8.08. The summed E-state index contributed by atoms with van der Waals surface area (Å²) in [4.78, 5) is 11.2. The SMILES string of the molecule is CCCC1(c2ccccc2OCC)CCC(C(=O)O)CC1. The summed E-state index contributed by atoms with van der Waals surface area (Å²) in [6, 6.07) is 8.29. The topological polar surface area (TPSA) is 46.5 Å². The van der Waals surface area contributed by atoms with Crippen molar-refractivity contribution in [2.75, 3.05) is 6.61 Å². The number of carbonyl (C=O) groups is 1. The first-order valence-electron chi connectivity index (χ1n) is 8.08. The molecule has 1 aliphatic rings. The molecule has 0 radical (unpaired) electrons. The molecule has 116 valence electrons. The van der Waals surface area contributed by atoms with E-state index >= 15 is 0 Å². The Balaban J connectivity index is 2.29. The lowest BCUT2D eigenvalue weighted by Gasteiger charge is -2.40. The molecule has 1 saturated carbocycles. The zero-order valence-electron chi connectivity index (χ0n) is 13.1. The Kier molecular flexibility index (Phi) is 5.27. The first kappa shape index (κ1) is 15.9. The monoisotopic (exact) mass is 290 g/mol. The van der Waals surface area contributed by atoms with E-state index in [1.54, 1.807) is 0 Å². The van der Waals surface area contributed by atoms with Gasteiger partial charge >= 0.3 is 5.97 Å². The van der Waals surface area contributed by atoms with Crippen LogP contribution < -0.4 is 4.74 Å². The highest BCUT2D eigenvalue weighted by Crippen LogP contribution is 2.47. The van der Waals surface area contributed by atoms with E-state index in [0.29, 0.717) is 6.61 Å². The molecule has 0 saturated heterocycles. The Bertz CT molecular complexity index is 473. The van der Waals surface area contributed by atoms with Crippen molar-refractivity contribution in [1.82, 2.24) is 0 Å². The van der Waals surface area contributed by atoms with Crippen LogP contribution in [0.2, 0.25) is 0 Å². The summed E-state index contributed by atoms with van der Waals surface area (Å²) in [6.07, 6.45) is 5.65. The number of aliphatic carboxylic acids is 1. The van der Waals surface area contributed by atoms with Gasteiger partial charge in [-0.15, -0.1) is 0 Å². The van der Waals surface area contributed by atoms with Crippen LogP contribution in [-0.2, 0) is 10.2 Å². The second kappa shape index (κ2) is 6.97. The van der Waals surface area contributed by atoms with Crippen molar-refractivity contribution in [3.8, 4) is 5.75 Å². The molecule has 1 aromatic carbocycles. The average Bonchev–Trinajstić information content (AvgIpc) is 2.49. The van der Waals surface area contributed by atoms with E-state index in [1.807, 2.05) is 19.1 Å². The molecule has 0 unspecified atom stereocenters. The van der Waals surface area contributed by atoms with Gasteiger partial charge in [0.25, 0.3) is 0 Å². The van der Waals surface area contributed by atoms with Crippen molar-refractivity contribution in [2.24, 2.45) is 5.92 Å². The standard InChI is InChI=1S/C18H26O3/c1-3-11-18(12-9-14(10-13-18)17(19)20)15-7-5-6-8-16(15)21-4-2/h5-8,14H,3-4,9-13H2,1-2H3,(H,19,20). The van der Waals surface area contributed by atoms with Crippen LogP contribution in [0.5, 0.6) is 5.75 Å². The molecule has 3 heteroatoms. The third-order valence-corrected chi connectivity index (χ3v) is 4.78. The predicted molar refractivity (Wildman–Crippen MR) is 83.8 cm³/mol. The lowest BCUT2D eigenvalue weighted by atomic mass is 9.64. The summed E-state index contributed by atoms with van der Waals surface area (Å²) in [5.41, 5.74) is 1.37. The van der Waals surface area contributed by atoms with Gasteiger partial charge in [0.2, 0.25) is 0 Å². The molecule has 1 aliphatic carbocycles. The molecular weight excluding hydrogens is 264 g/mol. The van der Waals surface area contributed by atoms with Gasteiger partial charge in [-0.1, -0.05) is 31.5 Å². The largest absolute Gasteiger partial charge is 0.494 e. The van der Waals surface area contributed by atoms with Gasteiger partial charge in [-0.3, -0.25) is 4.79 Å². The third kappa shape index (κ3) is 3.39. The first-order chi connectivity index (χ1) is 10.1. The van der Waals surface area contributed by atoms with Crippen LogP contribution in [0.25, 0.3) is 0 Å². The van der Waals surface area contributed by atoms with Gasteiger partial charge in [0, 0.05) is 5.56 Å². The smallest absolute Gasteiger partial charge is 0.306 e. The Morgan fingerprint density at radius 1 is 1.29 bits per heavy atom. The van der Waals surface area contributed by atoms with Crippen molar-refractivity contribution in [2.45, 2.75) is 57.8 Å². The maximum absolute atomic E-state index is 11.2. The normalized spacial score (nSPS) is 25.5. The van der Waals surface area contributed by atoms with Crippen LogP contribution in [0.3, 0.4) is 0 Å². The van der Waals surface area contributed by atoms with Crippen LogP contribution in [0.15, 0.2) is 24.3 Å². The van der Waals surface area contributed by atoms with E-state index in [1.165, 1.54) is 5.56 Å². The Labute approximate surface area is 127 Å². The van der Waals surface area contributed by atoms with Crippen LogP contribution in [0.4, 0.5) is 0 Å². The summed E-state index contributed by atoms with van der Waals surface area (Å²) >= 11 is 0. The molecule has 0 amide bonds. The van der Waals surface area contributed by atoms with E-state index < -0.39 is 5.97 Å². The molecule has 1 aromatic rings. The highest BCUT2D eigenvalue weighted by atomic mass is 16.5. The second-order valence-electron chi connectivity index (χ2n) is 6.07. The molecular formula is C18H26O3. The van der Waals surface area contributed by atoms with Gasteiger partial charge in [0.05, 0.1) is 12.5 Å². The summed E-state index contributed by atoms with van der Waals surface area (Å²) in [5.74, 6) is 0.162. The van der Waals surface area contributed by atoms with Crippen LogP contribution in [0.1, 0.15) is 57.9 Å². The minimum atomic E-state index is -0.641.